The van der Waals surface area contributed by atoms with Gasteiger partial charge in [0.25, 0.3) is 0 Å². The van der Waals surface area contributed by atoms with Crippen LogP contribution in [0.15, 0.2) is 11.4 Å². The Hall–Kier alpha value is -0.420. The van der Waals surface area contributed by atoms with Crippen LogP contribution in [0.5, 0.6) is 0 Å². The molecule has 0 aromatic carbocycles. The zero-order valence-electron chi connectivity index (χ0n) is 10.6. The molecule has 0 unspecified atom stereocenters. The van der Waals surface area contributed by atoms with Gasteiger partial charge in [-0.05, 0) is 23.4 Å². The predicted octanol–water partition coefficient (Wildman–Crippen LogP) is 1.73. The van der Waals surface area contributed by atoms with Crippen molar-refractivity contribution >= 4 is 11.3 Å². The van der Waals surface area contributed by atoms with E-state index in [1.165, 1.54) is 10.4 Å². The van der Waals surface area contributed by atoms with Crippen molar-refractivity contribution in [3.8, 4) is 0 Å². The minimum Gasteiger partial charge on any atom is -0.379 e. The van der Waals surface area contributed by atoms with E-state index in [9.17, 15) is 0 Å². The quantitative estimate of drug-likeness (QED) is 0.783. The summed E-state index contributed by atoms with van der Waals surface area (Å²) in [7, 11) is 0. The number of nitrogens with zero attached hydrogens (tertiary/aromatic N) is 1. The molecular formula is C13H22N2OS. The SMILES string of the molecule is CCc1csc(CNCCN2CCOCC2)c1. The number of nitrogens with one attached hydrogen (secondary N) is 1. The van der Waals surface area contributed by atoms with E-state index >= 15 is 0 Å². The molecule has 0 saturated carbocycles. The first-order chi connectivity index (χ1) is 8.38. The topological polar surface area (TPSA) is 24.5 Å². The molecular weight excluding hydrogens is 232 g/mol. The zero-order valence-corrected chi connectivity index (χ0v) is 11.4. The van der Waals surface area contributed by atoms with E-state index in [1.54, 1.807) is 0 Å². The Kier molecular flexibility index (Phi) is 5.45. The summed E-state index contributed by atoms with van der Waals surface area (Å²) in [4.78, 5) is 3.91. The van der Waals surface area contributed by atoms with E-state index in [4.69, 9.17) is 4.74 Å². The van der Waals surface area contributed by atoms with Crippen LogP contribution in [-0.2, 0) is 17.7 Å². The van der Waals surface area contributed by atoms with Crippen LogP contribution >= 0.6 is 11.3 Å². The summed E-state index contributed by atoms with van der Waals surface area (Å²) in [5, 5.41) is 5.78. The molecule has 1 aromatic heterocycles. The Morgan fingerprint density at radius 2 is 2.24 bits per heavy atom. The number of ether oxygens (including phenoxy) is 1. The number of hydrogen-bond acceptors (Lipinski definition) is 4. The Bertz CT molecular complexity index is 321. The normalized spacial score (nSPS) is 17.5. The first-order valence-corrected chi connectivity index (χ1v) is 7.33. The Labute approximate surface area is 108 Å². The molecule has 96 valence electrons. The van der Waals surface area contributed by atoms with Gasteiger partial charge >= 0.3 is 0 Å². The highest BCUT2D eigenvalue weighted by molar-refractivity contribution is 7.10. The number of rotatable bonds is 6. The first-order valence-electron chi connectivity index (χ1n) is 6.45. The molecule has 3 nitrogen and oxygen atoms in total. The third kappa shape index (κ3) is 4.39. The summed E-state index contributed by atoms with van der Waals surface area (Å²) in [6, 6.07) is 2.31. The number of thiophene rings is 1. The molecule has 4 heteroatoms. The summed E-state index contributed by atoms with van der Waals surface area (Å²) in [5.74, 6) is 0. The highest BCUT2D eigenvalue weighted by atomic mass is 32.1. The van der Waals surface area contributed by atoms with Crippen LogP contribution in [0, 0.1) is 0 Å². The molecule has 1 aliphatic rings. The Morgan fingerprint density at radius 1 is 1.41 bits per heavy atom. The smallest absolute Gasteiger partial charge is 0.0594 e. The standard InChI is InChI=1S/C13H22N2OS/c1-2-12-9-13(17-11-12)10-14-3-4-15-5-7-16-8-6-15/h9,11,14H,2-8,10H2,1H3. The van der Waals surface area contributed by atoms with E-state index in [2.05, 4.69) is 28.6 Å². The van der Waals surface area contributed by atoms with Crippen molar-refractivity contribution in [2.45, 2.75) is 19.9 Å². The molecule has 1 aromatic rings. The maximum atomic E-state index is 5.33. The summed E-state index contributed by atoms with van der Waals surface area (Å²) >= 11 is 1.86. The molecule has 2 heterocycles. The van der Waals surface area contributed by atoms with Crippen LogP contribution in [0.4, 0.5) is 0 Å². The lowest BCUT2D eigenvalue weighted by Gasteiger charge is -2.26. The van der Waals surface area contributed by atoms with Gasteiger partial charge in [0.05, 0.1) is 13.2 Å². The molecule has 0 radical (unpaired) electrons. The van der Waals surface area contributed by atoms with Gasteiger partial charge in [0, 0.05) is 37.6 Å². The van der Waals surface area contributed by atoms with Crippen molar-refractivity contribution in [2.75, 3.05) is 39.4 Å². The van der Waals surface area contributed by atoms with Crippen LogP contribution in [0.1, 0.15) is 17.4 Å². The van der Waals surface area contributed by atoms with E-state index in [-0.39, 0.29) is 0 Å². The summed E-state index contributed by atoms with van der Waals surface area (Å²) in [5.41, 5.74) is 1.46. The third-order valence-electron chi connectivity index (χ3n) is 3.12. The highest BCUT2D eigenvalue weighted by Crippen LogP contribution is 2.14. The average molecular weight is 254 g/mol. The van der Waals surface area contributed by atoms with Crippen molar-refractivity contribution in [3.05, 3.63) is 21.9 Å². The molecule has 1 saturated heterocycles. The molecule has 0 aliphatic carbocycles. The molecule has 0 spiro atoms. The maximum Gasteiger partial charge on any atom is 0.0594 e. The third-order valence-corrected chi connectivity index (χ3v) is 4.11. The van der Waals surface area contributed by atoms with Crippen LogP contribution < -0.4 is 5.32 Å². The molecule has 1 aliphatic heterocycles. The largest absolute Gasteiger partial charge is 0.379 e. The van der Waals surface area contributed by atoms with Crippen molar-refractivity contribution in [1.29, 1.82) is 0 Å². The van der Waals surface area contributed by atoms with Gasteiger partial charge in [0.1, 0.15) is 0 Å². The fraction of sp³-hybridized carbons (Fsp3) is 0.692. The van der Waals surface area contributed by atoms with Crippen LogP contribution in [0.25, 0.3) is 0 Å². The van der Waals surface area contributed by atoms with Gasteiger partial charge in [-0.15, -0.1) is 11.3 Å². The summed E-state index contributed by atoms with van der Waals surface area (Å²) in [6.45, 7) is 9.37. The van der Waals surface area contributed by atoms with E-state index in [0.29, 0.717) is 0 Å². The number of morpholine rings is 1. The van der Waals surface area contributed by atoms with Gasteiger partial charge in [-0.2, -0.15) is 0 Å². The minimum atomic E-state index is 0.894. The molecule has 0 atom stereocenters. The van der Waals surface area contributed by atoms with Crippen LogP contribution in [0.2, 0.25) is 0 Å². The molecule has 17 heavy (non-hydrogen) atoms. The van der Waals surface area contributed by atoms with Crippen molar-refractivity contribution in [2.24, 2.45) is 0 Å². The fourth-order valence-electron chi connectivity index (χ4n) is 1.98. The van der Waals surface area contributed by atoms with Crippen molar-refractivity contribution in [3.63, 3.8) is 0 Å². The predicted molar refractivity (Wildman–Crippen MR) is 72.7 cm³/mol. The van der Waals surface area contributed by atoms with Gasteiger partial charge in [-0.3, -0.25) is 4.90 Å². The lowest BCUT2D eigenvalue weighted by atomic mass is 10.2. The van der Waals surface area contributed by atoms with Crippen molar-refractivity contribution in [1.82, 2.24) is 10.2 Å². The second kappa shape index (κ2) is 7.11. The lowest BCUT2D eigenvalue weighted by molar-refractivity contribution is 0.0384. The molecule has 0 amide bonds. The van der Waals surface area contributed by atoms with Gasteiger partial charge in [-0.25, -0.2) is 0 Å². The molecule has 0 bridgehead atoms. The Balaban J connectivity index is 1.59. The minimum absolute atomic E-state index is 0.894. The zero-order chi connectivity index (χ0) is 11.9. The van der Waals surface area contributed by atoms with Crippen molar-refractivity contribution < 1.29 is 4.74 Å². The summed E-state index contributed by atoms with van der Waals surface area (Å²) in [6.07, 6.45) is 1.14. The average Bonchev–Trinajstić information content (AvgIpc) is 2.84. The molecule has 1 fully saturated rings. The highest BCUT2D eigenvalue weighted by Gasteiger charge is 2.08. The maximum absolute atomic E-state index is 5.33. The van der Waals surface area contributed by atoms with E-state index in [0.717, 1.165) is 52.4 Å². The van der Waals surface area contributed by atoms with Gasteiger partial charge in [0.2, 0.25) is 0 Å². The van der Waals surface area contributed by atoms with Gasteiger partial charge in [0.15, 0.2) is 0 Å². The first kappa shape index (κ1) is 13.0. The summed E-state index contributed by atoms with van der Waals surface area (Å²) < 4.78 is 5.33. The van der Waals surface area contributed by atoms with Crippen LogP contribution in [0.3, 0.4) is 0 Å². The lowest BCUT2D eigenvalue weighted by Crippen LogP contribution is -2.40. The van der Waals surface area contributed by atoms with Crippen LogP contribution in [-0.4, -0.2) is 44.3 Å². The Morgan fingerprint density at radius 3 is 2.94 bits per heavy atom. The van der Waals surface area contributed by atoms with E-state index < -0.39 is 0 Å². The second-order valence-electron chi connectivity index (χ2n) is 4.41. The van der Waals surface area contributed by atoms with E-state index in [1.807, 2.05) is 11.3 Å². The molecule has 1 N–H and O–H groups in total. The number of hydrogen-bond donors (Lipinski definition) is 1. The number of aryl methyl sites for hydroxylation is 1. The molecule has 2 rings (SSSR count). The monoisotopic (exact) mass is 254 g/mol. The van der Waals surface area contributed by atoms with Gasteiger partial charge in [-0.1, -0.05) is 6.92 Å². The fourth-order valence-corrected chi connectivity index (χ4v) is 2.92. The second-order valence-corrected chi connectivity index (χ2v) is 5.40. The van der Waals surface area contributed by atoms with Gasteiger partial charge < -0.3 is 10.1 Å².